The van der Waals surface area contributed by atoms with E-state index >= 15 is 0 Å². The lowest BCUT2D eigenvalue weighted by Gasteiger charge is -2.32. The van der Waals surface area contributed by atoms with Crippen LogP contribution in [0, 0.1) is 0 Å². The minimum absolute atomic E-state index is 0.374. The number of amides is 2. The SMILES string of the molecule is COc1cccc(-c2csc(NC(=O)[C@@]3(C)Oc4ccccc4NC3=O)n2)c1. The van der Waals surface area contributed by atoms with Gasteiger partial charge >= 0.3 is 0 Å². The summed E-state index contributed by atoms with van der Waals surface area (Å²) in [5, 5.41) is 7.59. The molecule has 0 fully saturated rings. The second-order valence-electron chi connectivity index (χ2n) is 6.31. The summed E-state index contributed by atoms with van der Waals surface area (Å²) < 4.78 is 10.9. The molecule has 2 amide bonds. The van der Waals surface area contributed by atoms with Crippen molar-refractivity contribution in [3.05, 3.63) is 53.9 Å². The van der Waals surface area contributed by atoms with Crippen LogP contribution in [0.1, 0.15) is 6.92 Å². The first-order chi connectivity index (χ1) is 13.5. The fourth-order valence-corrected chi connectivity index (χ4v) is 3.49. The molecule has 2 heterocycles. The van der Waals surface area contributed by atoms with Crippen LogP contribution < -0.4 is 20.1 Å². The summed E-state index contributed by atoms with van der Waals surface area (Å²) in [5.41, 5.74) is 0.398. The summed E-state index contributed by atoms with van der Waals surface area (Å²) in [4.78, 5) is 29.7. The van der Waals surface area contributed by atoms with Gasteiger partial charge in [-0.15, -0.1) is 11.3 Å². The number of methoxy groups -OCH3 is 1. The second kappa shape index (κ2) is 6.97. The number of fused-ring (bicyclic) bond motifs is 1. The van der Waals surface area contributed by atoms with E-state index in [1.165, 1.54) is 18.3 Å². The third kappa shape index (κ3) is 3.18. The number of benzene rings is 2. The van der Waals surface area contributed by atoms with Crippen LogP contribution in [-0.4, -0.2) is 29.5 Å². The average molecular weight is 395 g/mol. The van der Waals surface area contributed by atoms with Crippen LogP contribution in [0.2, 0.25) is 0 Å². The van der Waals surface area contributed by atoms with E-state index in [1.807, 2.05) is 29.6 Å². The molecule has 4 rings (SSSR count). The Balaban J connectivity index is 1.54. The molecule has 0 bridgehead atoms. The van der Waals surface area contributed by atoms with E-state index < -0.39 is 17.4 Å². The lowest BCUT2D eigenvalue weighted by Crippen LogP contribution is -2.56. The minimum atomic E-state index is -1.70. The number of carbonyl (C=O) groups excluding carboxylic acids is 2. The quantitative estimate of drug-likeness (QED) is 0.660. The molecule has 2 N–H and O–H groups in total. The van der Waals surface area contributed by atoms with Crippen molar-refractivity contribution in [1.82, 2.24) is 4.98 Å². The summed E-state index contributed by atoms with van der Waals surface area (Å²) in [6, 6.07) is 14.4. The number of anilines is 2. The van der Waals surface area contributed by atoms with Crippen LogP contribution >= 0.6 is 11.3 Å². The number of ether oxygens (including phenoxy) is 2. The number of hydrogen-bond acceptors (Lipinski definition) is 6. The largest absolute Gasteiger partial charge is 0.497 e. The van der Waals surface area contributed by atoms with Gasteiger partial charge in [-0.2, -0.15) is 0 Å². The molecule has 28 heavy (non-hydrogen) atoms. The van der Waals surface area contributed by atoms with Gasteiger partial charge in [0.1, 0.15) is 11.5 Å². The number of thiazole rings is 1. The minimum Gasteiger partial charge on any atom is -0.497 e. The number of aromatic nitrogens is 1. The van der Waals surface area contributed by atoms with E-state index in [9.17, 15) is 9.59 Å². The number of rotatable bonds is 4. The van der Waals surface area contributed by atoms with Gasteiger partial charge in [0.05, 0.1) is 18.5 Å². The van der Waals surface area contributed by atoms with Crippen molar-refractivity contribution in [2.45, 2.75) is 12.5 Å². The number of nitrogens with zero attached hydrogens (tertiary/aromatic N) is 1. The van der Waals surface area contributed by atoms with Gasteiger partial charge in [-0.05, 0) is 31.2 Å². The molecule has 1 aliphatic heterocycles. The molecular formula is C20H17N3O4S. The van der Waals surface area contributed by atoms with E-state index in [2.05, 4.69) is 15.6 Å². The van der Waals surface area contributed by atoms with Gasteiger partial charge in [-0.1, -0.05) is 24.3 Å². The summed E-state index contributed by atoms with van der Waals surface area (Å²) in [7, 11) is 1.60. The lowest BCUT2D eigenvalue weighted by molar-refractivity contribution is -0.143. The highest BCUT2D eigenvalue weighted by Crippen LogP contribution is 2.34. The predicted molar refractivity (Wildman–Crippen MR) is 107 cm³/mol. The van der Waals surface area contributed by atoms with Crippen LogP contribution in [0.4, 0.5) is 10.8 Å². The van der Waals surface area contributed by atoms with E-state index in [4.69, 9.17) is 9.47 Å². The Morgan fingerprint density at radius 3 is 2.89 bits per heavy atom. The van der Waals surface area contributed by atoms with Crippen LogP contribution in [0.15, 0.2) is 53.9 Å². The highest BCUT2D eigenvalue weighted by atomic mass is 32.1. The normalized spacial score (nSPS) is 17.9. The Hall–Kier alpha value is -3.39. The maximum absolute atomic E-state index is 12.8. The molecule has 0 saturated carbocycles. The molecular weight excluding hydrogens is 378 g/mol. The van der Waals surface area contributed by atoms with Gasteiger partial charge in [0, 0.05) is 10.9 Å². The second-order valence-corrected chi connectivity index (χ2v) is 7.17. The number of carbonyl (C=O) groups is 2. The topological polar surface area (TPSA) is 89.5 Å². The van der Waals surface area contributed by atoms with E-state index in [-0.39, 0.29) is 0 Å². The molecule has 2 aromatic carbocycles. The molecule has 0 unspecified atom stereocenters. The molecule has 1 aliphatic rings. The number of nitrogens with one attached hydrogen (secondary N) is 2. The van der Waals surface area contributed by atoms with Crippen LogP contribution in [0.5, 0.6) is 11.5 Å². The van der Waals surface area contributed by atoms with Crippen molar-refractivity contribution in [2.24, 2.45) is 0 Å². The fraction of sp³-hybridized carbons (Fsp3) is 0.150. The zero-order valence-electron chi connectivity index (χ0n) is 15.2. The van der Waals surface area contributed by atoms with Crippen molar-refractivity contribution >= 4 is 34.0 Å². The fourth-order valence-electron chi connectivity index (χ4n) is 2.78. The lowest BCUT2D eigenvalue weighted by atomic mass is 10.0. The van der Waals surface area contributed by atoms with Crippen molar-refractivity contribution in [1.29, 1.82) is 0 Å². The summed E-state index contributed by atoms with van der Waals surface area (Å²) >= 11 is 1.26. The van der Waals surface area contributed by atoms with Crippen molar-refractivity contribution < 1.29 is 19.1 Å². The molecule has 1 atom stereocenters. The standard InChI is InChI=1S/C20H17N3O4S/c1-20(17(24)21-14-8-3-4-9-16(14)27-20)18(25)23-19-22-15(11-28-19)12-6-5-7-13(10-12)26-2/h3-11H,1-2H3,(H,21,24)(H,22,23,25)/t20-/m0/s1. The molecule has 0 spiro atoms. The van der Waals surface area contributed by atoms with Gasteiger partial charge in [0.15, 0.2) is 5.13 Å². The zero-order valence-corrected chi connectivity index (χ0v) is 16.0. The number of para-hydroxylation sites is 2. The summed E-state index contributed by atoms with van der Waals surface area (Å²) in [5.74, 6) is 0.0322. The Kier molecular flexibility index (Phi) is 4.48. The van der Waals surface area contributed by atoms with Crippen LogP contribution in [0.25, 0.3) is 11.3 Å². The molecule has 3 aromatic rings. The monoisotopic (exact) mass is 395 g/mol. The van der Waals surface area contributed by atoms with E-state index in [0.717, 1.165) is 11.3 Å². The number of hydrogen-bond donors (Lipinski definition) is 2. The van der Waals surface area contributed by atoms with Crippen molar-refractivity contribution in [3.8, 4) is 22.8 Å². The Morgan fingerprint density at radius 2 is 2.07 bits per heavy atom. The summed E-state index contributed by atoms with van der Waals surface area (Å²) in [6.07, 6.45) is 0. The molecule has 7 nitrogen and oxygen atoms in total. The molecule has 0 radical (unpaired) electrons. The molecule has 8 heteroatoms. The Bertz CT molecular complexity index is 1060. The first-order valence-electron chi connectivity index (χ1n) is 8.50. The van der Waals surface area contributed by atoms with Crippen molar-refractivity contribution in [3.63, 3.8) is 0 Å². The molecule has 142 valence electrons. The van der Waals surface area contributed by atoms with Gasteiger partial charge < -0.3 is 14.8 Å². The van der Waals surface area contributed by atoms with Crippen molar-refractivity contribution in [2.75, 3.05) is 17.7 Å². The third-order valence-corrected chi connectivity index (χ3v) is 5.16. The van der Waals surface area contributed by atoms with E-state index in [0.29, 0.717) is 22.3 Å². The molecule has 1 aromatic heterocycles. The highest BCUT2D eigenvalue weighted by molar-refractivity contribution is 7.14. The molecule has 0 saturated heterocycles. The smallest absolute Gasteiger partial charge is 0.280 e. The zero-order chi connectivity index (χ0) is 19.7. The first-order valence-corrected chi connectivity index (χ1v) is 9.38. The van der Waals surface area contributed by atoms with Gasteiger partial charge in [0.2, 0.25) is 0 Å². The Labute approximate surface area is 165 Å². The van der Waals surface area contributed by atoms with Crippen LogP contribution in [-0.2, 0) is 9.59 Å². The van der Waals surface area contributed by atoms with Gasteiger partial charge in [0.25, 0.3) is 17.4 Å². The molecule has 0 aliphatic carbocycles. The maximum Gasteiger partial charge on any atom is 0.280 e. The Morgan fingerprint density at radius 1 is 1.25 bits per heavy atom. The summed E-state index contributed by atoms with van der Waals surface area (Å²) in [6.45, 7) is 1.43. The highest BCUT2D eigenvalue weighted by Gasteiger charge is 2.47. The maximum atomic E-state index is 12.8. The van der Waals surface area contributed by atoms with Gasteiger partial charge in [-0.25, -0.2) is 4.98 Å². The first kappa shape index (κ1) is 18.0. The predicted octanol–water partition coefficient (Wildman–Crippen LogP) is 3.55. The average Bonchev–Trinajstić information content (AvgIpc) is 3.17. The third-order valence-electron chi connectivity index (χ3n) is 4.41. The van der Waals surface area contributed by atoms with Crippen LogP contribution in [0.3, 0.4) is 0 Å². The van der Waals surface area contributed by atoms with E-state index in [1.54, 1.807) is 31.4 Å². The van der Waals surface area contributed by atoms with Gasteiger partial charge in [-0.3, -0.25) is 14.9 Å².